The number of carbonyl (C=O) groups is 1. The number of hydrogen-bond acceptors (Lipinski definition) is 6. The zero-order valence-corrected chi connectivity index (χ0v) is 14.6. The van der Waals surface area contributed by atoms with Crippen LogP contribution < -0.4 is 5.32 Å². The van der Waals surface area contributed by atoms with Gasteiger partial charge in [0.05, 0.1) is 10.5 Å². The number of carbonyl (C=O) groups excluding carboxylic acids is 1. The van der Waals surface area contributed by atoms with Crippen LogP contribution in [-0.4, -0.2) is 42.9 Å². The van der Waals surface area contributed by atoms with E-state index < -0.39 is 21.7 Å². The number of amides is 1. The highest BCUT2D eigenvalue weighted by atomic mass is 32.2. The minimum Gasteiger partial charge on any atom is -0.296 e. The molecule has 0 unspecified atom stereocenters. The highest BCUT2D eigenvalue weighted by Gasteiger charge is 2.28. The molecule has 3 rings (SSSR count). The van der Waals surface area contributed by atoms with Crippen LogP contribution in [0.1, 0.15) is 34.1 Å². The maximum Gasteiger partial charge on any atom is 0.260 e. The van der Waals surface area contributed by atoms with Crippen LogP contribution in [0.4, 0.5) is 9.52 Å². The van der Waals surface area contributed by atoms with E-state index in [0.717, 1.165) is 40.4 Å². The number of rotatable bonds is 5. The Morgan fingerprint density at radius 3 is 2.67 bits per heavy atom. The molecule has 0 bridgehead atoms. The molecule has 2 aromatic rings. The summed E-state index contributed by atoms with van der Waals surface area (Å²) in [6, 6.07) is 3.10. The molecule has 1 saturated carbocycles. The van der Waals surface area contributed by atoms with Crippen LogP contribution in [0.15, 0.2) is 23.1 Å². The van der Waals surface area contributed by atoms with E-state index >= 15 is 0 Å². The average molecular weight is 370 g/mol. The van der Waals surface area contributed by atoms with Crippen LogP contribution in [-0.2, 0) is 10.0 Å². The third kappa shape index (κ3) is 3.30. The van der Waals surface area contributed by atoms with Gasteiger partial charge in [-0.15, -0.1) is 10.2 Å². The standard InChI is InChI=1S/C14H15FN4O3S2/c1-19(2)24(21,22)9-5-6-11(15)10(7-9)12(20)16-14-18-17-13(23-14)8-3-4-8/h5-8H,3-4H2,1-2H3,(H,16,18,20). The number of anilines is 1. The number of nitrogens with one attached hydrogen (secondary N) is 1. The summed E-state index contributed by atoms with van der Waals surface area (Å²) in [4.78, 5) is 12.1. The monoisotopic (exact) mass is 370 g/mol. The minimum atomic E-state index is -3.76. The Hall–Kier alpha value is -1.91. The number of halogens is 1. The molecule has 10 heteroatoms. The largest absolute Gasteiger partial charge is 0.296 e. The number of hydrogen-bond donors (Lipinski definition) is 1. The molecule has 1 N–H and O–H groups in total. The highest BCUT2D eigenvalue weighted by Crippen LogP contribution is 2.42. The summed E-state index contributed by atoms with van der Waals surface area (Å²) in [5.41, 5.74) is -0.360. The molecule has 0 saturated heterocycles. The Balaban J connectivity index is 1.85. The predicted octanol–water partition coefficient (Wildman–Crippen LogP) is 2.06. The fourth-order valence-corrected chi connectivity index (χ4v) is 3.83. The van der Waals surface area contributed by atoms with Crippen LogP contribution in [0.25, 0.3) is 0 Å². The van der Waals surface area contributed by atoms with Crippen molar-refractivity contribution in [2.24, 2.45) is 0 Å². The van der Waals surface area contributed by atoms with E-state index in [1.54, 1.807) is 0 Å². The summed E-state index contributed by atoms with van der Waals surface area (Å²) in [6.45, 7) is 0. The Morgan fingerprint density at radius 1 is 1.33 bits per heavy atom. The molecular weight excluding hydrogens is 355 g/mol. The Morgan fingerprint density at radius 2 is 2.04 bits per heavy atom. The van der Waals surface area contributed by atoms with Crippen molar-refractivity contribution in [1.29, 1.82) is 0 Å². The first kappa shape index (κ1) is 16.9. The van der Waals surface area contributed by atoms with Gasteiger partial charge in [0.1, 0.15) is 10.8 Å². The Labute approximate surface area is 142 Å². The number of benzene rings is 1. The molecule has 7 nitrogen and oxygen atoms in total. The molecule has 0 atom stereocenters. The van der Waals surface area contributed by atoms with Gasteiger partial charge in [-0.05, 0) is 31.0 Å². The minimum absolute atomic E-state index is 0.157. The summed E-state index contributed by atoms with van der Waals surface area (Å²) < 4.78 is 39.2. The molecule has 1 aromatic carbocycles. The third-order valence-corrected chi connectivity index (χ3v) is 6.36. The normalized spacial score (nSPS) is 14.8. The molecule has 0 aliphatic heterocycles. The van der Waals surface area contributed by atoms with Crippen LogP contribution in [0.5, 0.6) is 0 Å². The first-order chi connectivity index (χ1) is 11.3. The first-order valence-electron chi connectivity index (χ1n) is 7.16. The van der Waals surface area contributed by atoms with Gasteiger partial charge >= 0.3 is 0 Å². The zero-order valence-electron chi connectivity index (χ0n) is 13.0. The quantitative estimate of drug-likeness (QED) is 0.870. The smallest absolute Gasteiger partial charge is 0.260 e. The summed E-state index contributed by atoms with van der Waals surface area (Å²) in [6.07, 6.45) is 2.11. The Bertz CT molecular complexity index is 891. The van der Waals surface area contributed by atoms with Gasteiger partial charge in [-0.25, -0.2) is 17.1 Å². The lowest BCUT2D eigenvalue weighted by Gasteiger charge is -2.12. The average Bonchev–Trinajstić information content (AvgIpc) is 3.27. The van der Waals surface area contributed by atoms with Crippen molar-refractivity contribution in [2.75, 3.05) is 19.4 Å². The lowest BCUT2D eigenvalue weighted by Crippen LogP contribution is -2.23. The van der Waals surface area contributed by atoms with E-state index in [1.807, 2.05) is 0 Å². The number of aromatic nitrogens is 2. The highest BCUT2D eigenvalue weighted by molar-refractivity contribution is 7.89. The molecule has 1 heterocycles. The van der Waals surface area contributed by atoms with Crippen molar-refractivity contribution in [3.63, 3.8) is 0 Å². The summed E-state index contributed by atoms with van der Waals surface area (Å²) in [7, 11) is -1.04. The van der Waals surface area contributed by atoms with Crippen molar-refractivity contribution in [3.05, 3.63) is 34.6 Å². The molecule has 1 fully saturated rings. The summed E-state index contributed by atoms with van der Waals surface area (Å²) in [5.74, 6) is -1.17. The summed E-state index contributed by atoms with van der Waals surface area (Å²) in [5, 5.41) is 11.4. The summed E-state index contributed by atoms with van der Waals surface area (Å²) >= 11 is 1.24. The van der Waals surface area contributed by atoms with Gasteiger partial charge in [-0.2, -0.15) is 0 Å². The van der Waals surface area contributed by atoms with Crippen LogP contribution in [0, 0.1) is 5.82 Å². The van der Waals surface area contributed by atoms with Crippen LogP contribution in [0.3, 0.4) is 0 Å². The predicted molar refractivity (Wildman–Crippen MR) is 87.1 cm³/mol. The molecule has 1 aliphatic carbocycles. The van der Waals surface area contributed by atoms with Crippen LogP contribution in [0.2, 0.25) is 0 Å². The molecule has 1 aliphatic rings. The fraction of sp³-hybridized carbons (Fsp3) is 0.357. The zero-order chi connectivity index (χ0) is 17.5. The van der Waals surface area contributed by atoms with Gasteiger partial charge in [0.15, 0.2) is 0 Å². The lowest BCUT2D eigenvalue weighted by molar-refractivity contribution is 0.102. The second kappa shape index (κ2) is 6.19. The second-order valence-electron chi connectivity index (χ2n) is 5.60. The van der Waals surface area contributed by atoms with Gasteiger partial charge in [0.2, 0.25) is 15.2 Å². The third-order valence-electron chi connectivity index (χ3n) is 3.55. The van der Waals surface area contributed by atoms with E-state index in [1.165, 1.54) is 25.4 Å². The van der Waals surface area contributed by atoms with E-state index in [4.69, 9.17) is 0 Å². The van der Waals surface area contributed by atoms with Gasteiger partial charge in [-0.1, -0.05) is 11.3 Å². The van der Waals surface area contributed by atoms with E-state index in [9.17, 15) is 17.6 Å². The van der Waals surface area contributed by atoms with Crippen molar-refractivity contribution >= 4 is 32.4 Å². The lowest BCUT2D eigenvalue weighted by atomic mass is 10.2. The second-order valence-corrected chi connectivity index (χ2v) is 8.76. The SMILES string of the molecule is CN(C)S(=O)(=O)c1ccc(F)c(C(=O)Nc2nnc(C3CC3)s2)c1. The van der Waals surface area contributed by atoms with Gasteiger partial charge in [-0.3, -0.25) is 10.1 Å². The van der Waals surface area contributed by atoms with Gasteiger partial charge in [0, 0.05) is 20.0 Å². The fourth-order valence-electron chi connectivity index (χ4n) is 1.99. The molecule has 128 valence electrons. The number of nitrogens with zero attached hydrogens (tertiary/aromatic N) is 3. The topological polar surface area (TPSA) is 92.3 Å². The molecule has 0 radical (unpaired) electrons. The van der Waals surface area contributed by atoms with Gasteiger partial charge in [0.25, 0.3) is 5.91 Å². The molecule has 0 spiro atoms. The van der Waals surface area contributed by atoms with Crippen molar-refractivity contribution in [2.45, 2.75) is 23.7 Å². The Kier molecular flexibility index (Phi) is 4.37. The van der Waals surface area contributed by atoms with E-state index in [-0.39, 0.29) is 15.6 Å². The first-order valence-corrected chi connectivity index (χ1v) is 9.41. The van der Waals surface area contributed by atoms with Gasteiger partial charge < -0.3 is 0 Å². The van der Waals surface area contributed by atoms with Crippen molar-refractivity contribution in [3.8, 4) is 0 Å². The van der Waals surface area contributed by atoms with E-state index in [2.05, 4.69) is 15.5 Å². The molecule has 1 amide bonds. The molecular formula is C14H15FN4O3S2. The molecule has 24 heavy (non-hydrogen) atoms. The van der Waals surface area contributed by atoms with E-state index in [0.29, 0.717) is 5.92 Å². The van der Waals surface area contributed by atoms with Crippen LogP contribution >= 0.6 is 11.3 Å². The maximum atomic E-state index is 14.0. The van der Waals surface area contributed by atoms with Crippen molar-refractivity contribution < 1.29 is 17.6 Å². The van der Waals surface area contributed by atoms with Crippen molar-refractivity contribution in [1.82, 2.24) is 14.5 Å². The molecule has 1 aromatic heterocycles. The maximum absolute atomic E-state index is 14.0. The number of sulfonamides is 1.